The molecule has 0 heterocycles. The van der Waals surface area contributed by atoms with Gasteiger partial charge in [0.15, 0.2) is 0 Å². The van der Waals surface area contributed by atoms with Crippen LogP contribution in [0.4, 0.5) is 0 Å². The van der Waals surface area contributed by atoms with Gasteiger partial charge < -0.3 is 9.84 Å². The van der Waals surface area contributed by atoms with E-state index in [2.05, 4.69) is 0 Å². The summed E-state index contributed by atoms with van der Waals surface area (Å²) in [5.41, 5.74) is 3.14. The molecule has 0 unspecified atom stereocenters. The molecule has 104 valence electrons. The molecule has 3 nitrogen and oxygen atoms in total. The predicted octanol–water partition coefficient (Wildman–Crippen LogP) is 4.23. The lowest BCUT2D eigenvalue weighted by Crippen LogP contribution is -1.99. The zero-order chi connectivity index (χ0) is 14.7. The average Bonchev–Trinajstić information content (AvgIpc) is 2.42. The van der Waals surface area contributed by atoms with Crippen molar-refractivity contribution in [1.82, 2.24) is 0 Å². The van der Waals surface area contributed by atoms with Crippen molar-refractivity contribution in [3.63, 3.8) is 0 Å². The van der Waals surface area contributed by atoms with Gasteiger partial charge in [-0.2, -0.15) is 0 Å². The number of hydrogen-bond donors (Lipinski definition) is 1. The number of aryl methyl sites for hydroxylation is 2. The highest BCUT2D eigenvalue weighted by Gasteiger charge is 2.05. The summed E-state index contributed by atoms with van der Waals surface area (Å²) in [6.45, 7) is 4.26. The number of aromatic carboxylic acids is 1. The fourth-order valence-electron chi connectivity index (χ4n) is 1.90. The van der Waals surface area contributed by atoms with Crippen LogP contribution in [0.15, 0.2) is 36.4 Å². The van der Waals surface area contributed by atoms with E-state index in [1.807, 2.05) is 26.0 Å². The van der Waals surface area contributed by atoms with Crippen molar-refractivity contribution < 1.29 is 14.6 Å². The van der Waals surface area contributed by atoms with Crippen molar-refractivity contribution in [2.75, 3.05) is 0 Å². The molecule has 0 atom stereocenters. The van der Waals surface area contributed by atoms with Crippen LogP contribution in [-0.4, -0.2) is 11.1 Å². The molecule has 0 spiro atoms. The molecule has 20 heavy (non-hydrogen) atoms. The minimum Gasteiger partial charge on any atom is -0.489 e. The molecule has 1 N–H and O–H groups in total. The Kier molecular flexibility index (Phi) is 4.30. The second kappa shape index (κ2) is 5.97. The van der Waals surface area contributed by atoms with Gasteiger partial charge >= 0.3 is 5.97 Å². The van der Waals surface area contributed by atoms with Crippen molar-refractivity contribution >= 4 is 17.6 Å². The second-order valence-corrected chi connectivity index (χ2v) is 5.04. The summed E-state index contributed by atoms with van der Waals surface area (Å²) in [6, 6.07) is 10.4. The quantitative estimate of drug-likeness (QED) is 0.916. The Morgan fingerprint density at radius 2 is 1.70 bits per heavy atom. The number of carboxylic acid groups (broad SMARTS) is 1. The first-order valence-electron chi connectivity index (χ1n) is 6.19. The molecule has 4 heteroatoms. The lowest BCUT2D eigenvalue weighted by Gasteiger charge is -2.10. The summed E-state index contributed by atoms with van der Waals surface area (Å²) in [5.74, 6) is -0.173. The van der Waals surface area contributed by atoms with Crippen LogP contribution in [0.5, 0.6) is 5.75 Å². The van der Waals surface area contributed by atoms with Crippen molar-refractivity contribution in [2.24, 2.45) is 0 Å². The molecule has 2 aromatic carbocycles. The highest BCUT2D eigenvalue weighted by molar-refractivity contribution is 6.32. The SMILES string of the molecule is Cc1cc(OCc2ccc(C(=O)O)cc2)cc(C)c1Cl. The zero-order valence-electron chi connectivity index (χ0n) is 11.3. The normalized spacial score (nSPS) is 10.3. The molecule has 2 rings (SSSR count). The van der Waals surface area contributed by atoms with Crippen LogP contribution in [0.2, 0.25) is 5.02 Å². The highest BCUT2D eigenvalue weighted by Crippen LogP contribution is 2.26. The molecule has 0 aliphatic heterocycles. The maximum absolute atomic E-state index is 10.8. The first-order chi connectivity index (χ1) is 9.47. The third kappa shape index (κ3) is 3.31. The third-order valence-electron chi connectivity index (χ3n) is 3.02. The topological polar surface area (TPSA) is 46.5 Å². The lowest BCUT2D eigenvalue weighted by atomic mass is 10.1. The average molecular weight is 291 g/mol. The van der Waals surface area contributed by atoms with E-state index in [0.717, 1.165) is 27.5 Å². The molecule has 0 bridgehead atoms. The lowest BCUT2D eigenvalue weighted by molar-refractivity contribution is 0.0697. The van der Waals surface area contributed by atoms with Gasteiger partial charge in [0, 0.05) is 5.02 Å². The molecule has 0 fully saturated rings. The van der Waals surface area contributed by atoms with E-state index in [1.165, 1.54) is 0 Å². The fraction of sp³-hybridized carbons (Fsp3) is 0.188. The Bertz CT molecular complexity index is 610. The molecular weight excluding hydrogens is 276 g/mol. The van der Waals surface area contributed by atoms with E-state index in [4.69, 9.17) is 21.4 Å². The molecule has 0 radical (unpaired) electrons. The van der Waals surface area contributed by atoms with E-state index < -0.39 is 5.97 Å². The molecule has 2 aromatic rings. The second-order valence-electron chi connectivity index (χ2n) is 4.66. The van der Waals surface area contributed by atoms with Gasteiger partial charge in [0.25, 0.3) is 0 Å². The van der Waals surface area contributed by atoms with Crippen LogP contribution in [0.3, 0.4) is 0 Å². The summed E-state index contributed by atoms with van der Waals surface area (Å²) < 4.78 is 5.70. The first-order valence-corrected chi connectivity index (χ1v) is 6.57. The first kappa shape index (κ1) is 14.4. The molecule has 0 amide bonds. The van der Waals surface area contributed by atoms with E-state index >= 15 is 0 Å². The number of carboxylic acids is 1. The van der Waals surface area contributed by atoms with Crippen molar-refractivity contribution in [3.05, 3.63) is 63.7 Å². The van der Waals surface area contributed by atoms with Gasteiger partial charge in [0.05, 0.1) is 5.56 Å². The standard InChI is InChI=1S/C16H15ClO3/c1-10-7-14(8-11(2)15(10)17)20-9-12-3-5-13(6-4-12)16(18)19/h3-8H,9H2,1-2H3,(H,18,19). The monoisotopic (exact) mass is 290 g/mol. The minimum absolute atomic E-state index is 0.270. The smallest absolute Gasteiger partial charge is 0.335 e. The van der Waals surface area contributed by atoms with E-state index in [1.54, 1.807) is 24.3 Å². The summed E-state index contributed by atoms with van der Waals surface area (Å²) >= 11 is 6.10. The number of benzene rings is 2. The van der Waals surface area contributed by atoms with Crippen LogP contribution in [0.25, 0.3) is 0 Å². The van der Waals surface area contributed by atoms with Crippen molar-refractivity contribution in [2.45, 2.75) is 20.5 Å². The fourth-order valence-corrected chi connectivity index (χ4v) is 2.01. The van der Waals surface area contributed by atoms with Crippen molar-refractivity contribution in [1.29, 1.82) is 0 Å². The summed E-state index contributed by atoms with van der Waals surface area (Å²) in [6.07, 6.45) is 0. The van der Waals surface area contributed by atoms with Gasteiger partial charge in [-0.1, -0.05) is 23.7 Å². The number of rotatable bonds is 4. The van der Waals surface area contributed by atoms with Gasteiger partial charge in [0.2, 0.25) is 0 Å². The van der Waals surface area contributed by atoms with Crippen LogP contribution in [-0.2, 0) is 6.61 Å². The van der Waals surface area contributed by atoms with Gasteiger partial charge in [-0.05, 0) is 54.8 Å². The van der Waals surface area contributed by atoms with E-state index in [-0.39, 0.29) is 5.56 Å². The van der Waals surface area contributed by atoms with Gasteiger partial charge in [-0.25, -0.2) is 4.79 Å². The molecule has 0 aromatic heterocycles. The van der Waals surface area contributed by atoms with Gasteiger partial charge in [-0.3, -0.25) is 0 Å². The number of halogens is 1. The third-order valence-corrected chi connectivity index (χ3v) is 3.61. The summed E-state index contributed by atoms with van der Waals surface area (Å²) in [5, 5.41) is 9.58. The Labute approximate surface area is 122 Å². The van der Waals surface area contributed by atoms with E-state index in [9.17, 15) is 4.79 Å². The van der Waals surface area contributed by atoms with Crippen LogP contribution < -0.4 is 4.74 Å². The minimum atomic E-state index is -0.929. The summed E-state index contributed by atoms with van der Waals surface area (Å²) in [4.78, 5) is 10.8. The molecule has 0 aliphatic carbocycles. The number of hydrogen-bond acceptors (Lipinski definition) is 2. The zero-order valence-corrected chi connectivity index (χ0v) is 12.1. The number of ether oxygens (including phenoxy) is 1. The molecule has 0 saturated carbocycles. The highest BCUT2D eigenvalue weighted by atomic mass is 35.5. The van der Waals surface area contributed by atoms with Crippen LogP contribution >= 0.6 is 11.6 Å². The Morgan fingerprint density at radius 3 is 2.20 bits per heavy atom. The maximum Gasteiger partial charge on any atom is 0.335 e. The largest absolute Gasteiger partial charge is 0.489 e. The molecule has 0 aliphatic rings. The molecule has 0 saturated heterocycles. The van der Waals surface area contributed by atoms with Crippen molar-refractivity contribution in [3.8, 4) is 5.75 Å². The van der Waals surface area contributed by atoms with E-state index in [0.29, 0.717) is 6.61 Å². The van der Waals surface area contributed by atoms with Gasteiger partial charge in [-0.15, -0.1) is 0 Å². The Morgan fingerprint density at radius 1 is 1.15 bits per heavy atom. The predicted molar refractivity (Wildman–Crippen MR) is 78.7 cm³/mol. The number of carbonyl (C=O) groups is 1. The molecular formula is C16H15ClO3. The van der Waals surface area contributed by atoms with Crippen LogP contribution in [0, 0.1) is 13.8 Å². The maximum atomic E-state index is 10.8. The van der Waals surface area contributed by atoms with Crippen LogP contribution in [0.1, 0.15) is 27.0 Å². The summed E-state index contributed by atoms with van der Waals surface area (Å²) in [7, 11) is 0. The Hall–Kier alpha value is -2.00. The Balaban J connectivity index is 2.07. The van der Waals surface area contributed by atoms with Gasteiger partial charge in [0.1, 0.15) is 12.4 Å².